The Bertz CT molecular complexity index is 353. The Labute approximate surface area is 113 Å². The first kappa shape index (κ1) is 15.4. The summed E-state index contributed by atoms with van der Waals surface area (Å²) < 4.78 is 0. The zero-order valence-electron chi connectivity index (χ0n) is 11.7. The monoisotopic (exact) mass is 270 g/mol. The highest BCUT2D eigenvalue weighted by Gasteiger charge is 2.27. The highest BCUT2D eigenvalue weighted by Crippen LogP contribution is 2.02. The van der Waals surface area contributed by atoms with Gasteiger partial charge < -0.3 is 20.4 Å². The first-order valence-corrected chi connectivity index (χ1v) is 6.44. The summed E-state index contributed by atoms with van der Waals surface area (Å²) in [6, 6.07) is 0. The fourth-order valence-electron chi connectivity index (χ4n) is 1.99. The minimum absolute atomic E-state index is 0.144. The second kappa shape index (κ2) is 7.08. The number of hydrogen-bond donors (Lipinski definition) is 2. The molecule has 0 radical (unpaired) electrons. The zero-order valence-corrected chi connectivity index (χ0v) is 11.7. The van der Waals surface area contributed by atoms with Gasteiger partial charge >= 0.3 is 11.8 Å². The van der Waals surface area contributed by atoms with Crippen molar-refractivity contribution >= 4 is 17.7 Å². The van der Waals surface area contributed by atoms with E-state index in [9.17, 15) is 14.4 Å². The molecule has 1 atom stereocenters. The fraction of sp³-hybridized carbons (Fsp3) is 0.750. The predicted octanol–water partition coefficient (Wildman–Crippen LogP) is -1.74. The molecule has 0 aromatic heterocycles. The Kier molecular flexibility index (Phi) is 5.75. The van der Waals surface area contributed by atoms with Crippen LogP contribution in [0.2, 0.25) is 0 Å². The number of rotatable bonds is 3. The number of likely N-dealkylation sites (N-methyl/N-ethyl adjacent to an activating group) is 1. The summed E-state index contributed by atoms with van der Waals surface area (Å²) in [5.41, 5.74) is 0. The predicted molar refractivity (Wildman–Crippen MR) is 70.3 cm³/mol. The van der Waals surface area contributed by atoms with E-state index in [1.807, 2.05) is 0 Å². The van der Waals surface area contributed by atoms with Crippen molar-refractivity contribution in [3.05, 3.63) is 0 Å². The van der Waals surface area contributed by atoms with E-state index in [1.54, 1.807) is 25.9 Å². The third-order valence-electron chi connectivity index (χ3n) is 3.18. The van der Waals surface area contributed by atoms with Crippen molar-refractivity contribution in [3.63, 3.8) is 0 Å². The van der Waals surface area contributed by atoms with Crippen molar-refractivity contribution < 1.29 is 14.4 Å². The Hall–Kier alpha value is -1.63. The average molecular weight is 270 g/mol. The summed E-state index contributed by atoms with van der Waals surface area (Å²) in [7, 11) is 3.09. The molecule has 1 aliphatic heterocycles. The molecule has 1 aliphatic rings. The van der Waals surface area contributed by atoms with Gasteiger partial charge in [-0.1, -0.05) is 6.92 Å². The number of carbonyl (C=O) groups is 3. The summed E-state index contributed by atoms with van der Waals surface area (Å²) >= 11 is 0. The maximum absolute atomic E-state index is 12.0. The molecule has 0 spiro atoms. The first-order valence-electron chi connectivity index (χ1n) is 6.44. The number of nitrogens with one attached hydrogen (secondary N) is 2. The van der Waals surface area contributed by atoms with E-state index in [2.05, 4.69) is 10.6 Å². The van der Waals surface area contributed by atoms with Crippen LogP contribution in [-0.2, 0) is 14.4 Å². The second-order valence-electron chi connectivity index (χ2n) is 4.74. The molecule has 0 bridgehead atoms. The standard InChI is InChI=1S/C12H22N4O3/c1-9(10(17)13-2)8-15(3)11(18)12(19)16-6-4-14-5-7-16/h9,14H,4-8H2,1-3H3,(H,13,17). The molecule has 3 amide bonds. The van der Waals surface area contributed by atoms with Gasteiger partial charge in [0.1, 0.15) is 0 Å². The first-order chi connectivity index (χ1) is 8.97. The van der Waals surface area contributed by atoms with E-state index in [0.29, 0.717) is 26.2 Å². The number of amides is 3. The maximum atomic E-state index is 12.0. The lowest BCUT2D eigenvalue weighted by Gasteiger charge is -2.29. The molecular formula is C12H22N4O3. The van der Waals surface area contributed by atoms with E-state index in [0.717, 1.165) is 0 Å². The average Bonchev–Trinajstić information content (AvgIpc) is 2.45. The number of piperazine rings is 1. The van der Waals surface area contributed by atoms with Gasteiger partial charge in [-0.15, -0.1) is 0 Å². The smallest absolute Gasteiger partial charge is 0.312 e. The lowest BCUT2D eigenvalue weighted by Crippen LogP contribution is -2.52. The Morgan fingerprint density at radius 3 is 2.42 bits per heavy atom. The third-order valence-corrected chi connectivity index (χ3v) is 3.18. The Balaban J connectivity index is 2.51. The van der Waals surface area contributed by atoms with Crippen LogP contribution < -0.4 is 10.6 Å². The van der Waals surface area contributed by atoms with Crippen LogP contribution >= 0.6 is 0 Å². The van der Waals surface area contributed by atoms with Crippen LogP contribution in [0.15, 0.2) is 0 Å². The van der Waals surface area contributed by atoms with Crippen molar-refractivity contribution in [3.8, 4) is 0 Å². The van der Waals surface area contributed by atoms with Gasteiger partial charge in [0.2, 0.25) is 5.91 Å². The molecule has 0 aliphatic carbocycles. The minimum Gasteiger partial charge on any atom is -0.359 e. The molecule has 0 aromatic carbocycles. The molecule has 1 saturated heterocycles. The lowest BCUT2D eigenvalue weighted by atomic mass is 10.1. The molecule has 1 fully saturated rings. The zero-order chi connectivity index (χ0) is 14.4. The SMILES string of the molecule is CNC(=O)C(C)CN(C)C(=O)C(=O)N1CCNCC1. The van der Waals surface area contributed by atoms with Gasteiger partial charge in [0.25, 0.3) is 0 Å². The van der Waals surface area contributed by atoms with Gasteiger partial charge in [-0.05, 0) is 0 Å². The Morgan fingerprint density at radius 2 is 1.89 bits per heavy atom. The number of hydrogen-bond acceptors (Lipinski definition) is 4. The minimum atomic E-state index is -0.558. The molecule has 2 N–H and O–H groups in total. The van der Waals surface area contributed by atoms with Gasteiger partial charge in [0, 0.05) is 46.8 Å². The third kappa shape index (κ3) is 4.20. The molecule has 1 unspecified atom stereocenters. The summed E-state index contributed by atoms with van der Waals surface area (Å²) in [5.74, 6) is -1.53. The van der Waals surface area contributed by atoms with E-state index >= 15 is 0 Å². The quantitative estimate of drug-likeness (QED) is 0.596. The van der Waals surface area contributed by atoms with Gasteiger partial charge in [-0.2, -0.15) is 0 Å². The molecular weight excluding hydrogens is 248 g/mol. The lowest BCUT2D eigenvalue weighted by molar-refractivity contribution is -0.152. The highest BCUT2D eigenvalue weighted by atomic mass is 16.2. The molecule has 7 heteroatoms. The summed E-state index contributed by atoms with van der Waals surface area (Å²) in [6.07, 6.45) is 0. The van der Waals surface area contributed by atoms with E-state index in [-0.39, 0.29) is 18.4 Å². The van der Waals surface area contributed by atoms with Crippen molar-refractivity contribution in [2.24, 2.45) is 5.92 Å². The fourth-order valence-corrected chi connectivity index (χ4v) is 1.99. The van der Waals surface area contributed by atoms with E-state index in [4.69, 9.17) is 0 Å². The van der Waals surface area contributed by atoms with Crippen LogP contribution in [0.5, 0.6) is 0 Å². The molecule has 1 rings (SSSR count). The van der Waals surface area contributed by atoms with Crippen LogP contribution in [-0.4, -0.2) is 74.3 Å². The van der Waals surface area contributed by atoms with Crippen LogP contribution in [0.25, 0.3) is 0 Å². The Morgan fingerprint density at radius 1 is 1.32 bits per heavy atom. The topological polar surface area (TPSA) is 81.8 Å². The number of nitrogens with zero attached hydrogens (tertiary/aromatic N) is 2. The normalized spacial score (nSPS) is 16.7. The van der Waals surface area contributed by atoms with Crippen LogP contribution in [0, 0.1) is 5.92 Å². The number of carbonyl (C=O) groups excluding carboxylic acids is 3. The maximum Gasteiger partial charge on any atom is 0.312 e. The summed E-state index contributed by atoms with van der Waals surface area (Å²) in [6.45, 7) is 4.45. The van der Waals surface area contributed by atoms with Crippen LogP contribution in [0.1, 0.15) is 6.92 Å². The van der Waals surface area contributed by atoms with Gasteiger partial charge in [-0.25, -0.2) is 0 Å². The molecule has 19 heavy (non-hydrogen) atoms. The molecule has 1 heterocycles. The van der Waals surface area contributed by atoms with Crippen LogP contribution in [0.4, 0.5) is 0 Å². The molecule has 0 saturated carbocycles. The summed E-state index contributed by atoms with van der Waals surface area (Å²) in [4.78, 5) is 38.2. The van der Waals surface area contributed by atoms with Crippen molar-refractivity contribution in [2.75, 3.05) is 46.8 Å². The highest BCUT2D eigenvalue weighted by molar-refractivity contribution is 6.34. The molecule has 0 aromatic rings. The second-order valence-corrected chi connectivity index (χ2v) is 4.74. The van der Waals surface area contributed by atoms with E-state index < -0.39 is 11.8 Å². The van der Waals surface area contributed by atoms with E-state index in [1.165, 1.54) is 4.90 Å². The van der Waals surface area contributed by atoms with Gasteiger partial charge in [0.05, 0.1) is 5.92 Å². The molecule has 7 nitrogen and oxygen atoms in total. The largest absolute Gasteiger partial charge is 0.359 e. The van der Waals surface area contributed by atoms with Gasteiger partial charge in [-0.3, -0.25) is 14.4 Å². The van der Waals surface area contributed by atoms with Crippen molar-refractivity contribution in [1.29, 1.82) is 0 Å². The van der Waals surface area contributed by atoms with Gasteiger partial charge in [0.15, 0.2) is 0 Å². The molecule has 108 valence electrons. The van der Waals surface area contributed by atoms with Crippen molar-refractivity contribution in [1.82, 2.24) is 20.4 Å². The van der Waals surface area contributed by atoms with Crippen LogP contribution in [0.3, 0.4) is 0 Å². The van der Waals surface area contributed by atoms with Crippen molar-refractivity contribution in [2.45, 2.75) is 6.92 Å². The summed E-state index contributed by atoms with van der Waals surface area (Å²) in [5, 5.41) is 5.64.